The number of hydrogen-bond donors (Lipinski definition) is 1. The normalized spacial score (nSPS) is 14.0. The van der Waals surface area contributed by atoms with Gasteiger partial charge in [0.25, 0.3) is 0 Å². The smallest absolute Gasteiger partial charge is 0.231 e. The molecule has 2 aromatic carbocycles. The van der Waals surface area contributed by atoms with Crippen LogP contribution in [0.25, 0.3) is 0 Å². The first-order valence-corrected chi connectivity index (χ1v) is 7.12. The minimum Gasteiger partial charge on any atom is -0.486 e. The van der Waals surface area contributed by atoms with Crippen LogP contribution >= 0.6 is 0 Å². The van der Waals surface area contributed by atoms with Gasteiger partial charge in [-0.05, 0) is 37.1 Å². The second kappa shape index (κ2) is 6.06. The van der Waals surface area contributed by atoms with E-state index in [4.69, 9.17) is 19.9 Å². The molecule has 0 fully saturated rings. The lowest BCUT2D eigenvalue weighted by molar-refractivity contribution is 0.173. The van der Waals surface area contributed by atoms with Crippen molar-refractivity contribution < 1.29 is 14.2 Å². The Hall–Kier alpha value is -2.20. The van der Waals surface area contributed by atoms with Crippen LogP contribution in [-0.2, 0) is 6.42 Å². The van der Waals surface area contributed by atoms with E-state index >= 15 is 0 Å². The van der Waals surface area contributed by atoms with E-state index in [2.05, 4.69) is 12.1 Å². The lowest BCUT2D eigenvalue weighted by Crippen LogP contribution is -2.08. The van der Waals surface area contributed by atoms with Gasteiger partial charge in [0, 0.05) is 6.07 Å². The van der Waals surface area contributed by atoms with Crippen LogP contribution in [0.1, 0.15) is 24.2 Å². The lowest BCUT2D eigenvalue weighted by Gasteiger charge is -2.18. The molecular formula is C17H19NO3. The van der Waals surface area contributed by atoms with E-state index < -0.39 is 0 Å². The van der Waals surface area contributed by atoms with E-state index in [0.29, 0.717) is 6.54 Å². The quantitative estimate of drug-likeness (QED) is 0.917. The van der Waals surface area contributed by atoms with Gasteiger partial charge in [0.15, 0.2) is 11.5 Å². The molecule has 1 atom stereocenters. The van der Waals surface area contributed by atoms with Crippen LogP contribution in [-0.4, -0.2) is 13.3 Å². The number of rotatable bonds is 5. The summed E-state index contributed by atoms with van der Waals surface area (Å²) in [6.07, 6.45) is 0.705. The molecule has 0 bridgehead atoms. The van der Waals surface area contributed by atoms with Crippen molar-refractivity contribution in [3.63, 3.8) is 0 Å². The summed E-state index contributed by atoms with van der Waals surface area (Å²) >= 11 is 0. The summed E-state index contributed by atoms with van der Waals surface area (Å²) in [5.74, 6) is 2.30. The van der Waals surface area contributed by atoms with Crippen molar-refractivity contribution in [2.24, 2.45) is 5.73 Å². The van der Waals surface area contributed by atoms with Crippen LogP contribution in [0.3, 0.4) is 0 Å². The molecule has 3 rings (SSSR count). The third-order valence-electron chi connectivity index (χ3n) is 3.54. The van der Waals surface area contributed by atoms with Crippen LogP contribution in [0.2, 0.25) is 0 Å². The Labute approximate surface area is 124 Å². The first-order chi connectivity index (χ1) is 10.3. The van der Waals surface area contributed by atoms with Crippen molar-refractivity contribution in [2.45, 2.75) is 19.4 Å². The molecule has 1 heterocycles. The standard InChI is InChI=1S/C17H19NO3/c1-12(13-5-3-2-4-6-13)21-15-10-17-16(19-11-20-17)9-14(15)7-8-18/h2-6,9-10,12H,7-8,11,18H2,1H3. The molecule has 1 aliphatic rings. The van der Waals surface area contributed by atoms with Crippen molar-refractivity contribution >= 4 is 0 Å². The van der Waals surface area contributed by atoms with E-state index in [1.807, 2.05) is 37.3 Å². The highest BCUT2D eigenvalue weighted by Gasteiger charge is 2.19. The van der Waals surface area contributed by atoms with E-state index in [1.54, 1.807) is 0 Å². The second-order valence-corrected chi connectivity index (χ2v) is 5.02. The number of hydrogen-bond acceptors (Lipinski definition) is 4. The Bertz CT molecular complexity index is 613. The van der Waals surface area contributed by atoms with Crippen molar-refractivity contribution in [3.8, 4) is 17.2 Å². The molecular weight excluding hydrogens is 266 g/mol. The van der Waals surface area contributed by atoms with E-state index in [0.717, 1.165) is 34.8 Å². The predicted molar refractivity (Wildman–Crippen MR) is 80.8 cm³/mol. The third kappa shape index (κ3) is 2.95. The molecule has 1 aliphatic heterocycles. The molecule has 4 heteroatoms. The minimum atomic E-state index is -0.0388. The summed E-state index contributed by atoms with van der Waals surface area (Å²) < 4.78 is 17.0. The molecule has 0 radical (unpaired) electrons. The summed E-state index contributed by atoms with van der Waals surface area (Å²) in [6, 6.07) is 14.0. The molecule has 21 heavy (non-hydrogen) atoms. The zero-order valence-electron chi connectivity index (χ0n) is 12.0. The van der Waals surface area contributed by atoms with Crippen LogP contribution in [0.4, 0.5) is 0 Å². The molecule has 0 aliphatic carbocycles. The number of fused-ring (bicyclic) bond motifs is 1. The van der Waals surface area contributed by atoms with Crippen molar-refractivity contribution in [2.75, 3.05) is 13.3 Å². The molecule has 0 saturated heterocycles. The lowest BCUT2D eigenvalue weighted by atomic mass is 10.1. The zero-order valence-corrected chi connectivity index (χ0v) is 12.0. The number of ether oxygens (including phenoxy) is 3. The maximum atomic E-state index is 6.12. The Morgan fingerprint density at radius 3 is 2.57 bits per heavy atom. The van der Waals surface area contributed by atoms with Gasteiger partial charge in [0.1, 0.15) is 11.9 Å². The zero-order chi connectivity index (χ0) is 14.7. The van der Waals surface area contributed by atoms with E-state index in [9.17, 15) is 0 Å². The Kier molecular flexibility index (Phi) is 3.97. The highest BCUT2D eigenvalue weighted by Crippen LogP contribution is 2.39. The van der Waals surface area contributed by atoms with E-state index in [-0.39, 0.29) is 12.9 Å². The number of nitrogens with two attached hydrogens (primary N) is 1. The van der Waals surface area contributed by atoms with Gasteiger partial charge in [0.2, 0.25) is 6.79 Å². The molecule has 2 N–H and O–H groups in total. The van der Waals surface area contributed by atoms with Crippen molar-refractivity contribution in [3.05, 3.63) is 53.6 Å². The van der Waals surface area contributed by atoms with Gasteiger partial charge in [-0.1, -0.05) is 30.3 Å². The van der Waals surface area contributed by atoms with Gasteiger partial charge in [-0.2, -0.15) is 0 Å². The monoisotopic (exact) mass is 285 g/mol. The van der Waals surface area contributed by atoms with Crippen LogP contribution in [0.15, 0.2) is 42.5 Å². The molecule has 2 aromatic rings. The Morgan fingerprint density at radius 2 is 1.86 bits per heavy atom. The first kappa shape index (κ1) is 13.8. The van der Waals surface area contributed by atoms with Gasteiger partial charge in [-0.25, -0.2) is 0 Å². The first-order valence-electron chi connectivity index (χ1n) is 7.12. The summed E-state index contributed by atoms with van der Waals surface area (Å²) in [5, 5.41) is 0. The summed E-state index contributed by atoms with van der Waals surface area (Å²) in [6.45, 7) is 2.86. The molecule has 110 valence electrons. The average molecular weight is 285 g/mol. The molecule has 0 amide bonds. The Morgan fingerprint density at radius 1 is 1.14 bits per heavy atom. The fourth-order valence-corrected chi connectivity index (χ4v) is 2.41. The minimum absolute atomic E-state index is 0.0388. The van der Waals surface area contributed by atoms with Gasteiger partial charge in [-0.3, -0.25) is 0 Å². The van der Waals surface area contributed by atoms with Gasteiger partial charge in [-0.15, -0.1) is 0 Å². The maximum Gasteiger partial charge on any atom is 0.231 e. The highest BCUT2D eigenvalue weighted by atomic mass is 16.7. The fraction of sp³-hybridized carbons (Fsp3) is 0.294. The third-order valence-corrected chi connectivity index (χ3v) is 3.54. The molecule has 4 nitrogen and oxygen atoms in total. The number of benzene rings is 2. The van der Waals surface area contributed by atoms with Crippen LogP contribution in [0, 0.1) is 0 Å². The summed E-state index contributed by atoms with van der Waals surface area (Å²) in [5.41, 5.74) is 7.87. The molecule has 0 saturated carbocycles. The molecule has 1 unspecified atom stereocenters. The fourth-order valence-electron chi connectivity index (χ4n) is 2.41. The van der Waals surface area contributed by atoms with Crippen LogP contribution < -0.4 is 19.9 Å². The Balaban J connectivity index is 1.87. The SMILES string of the molecule is CC(Oc1cc2c(cc1CCN)OCO2)c1ccccc1. The van der Waals surface area contributed by atoms with Crippen molar-refractivity contribution in [1.29, 1.82) is 0 Å². The second-order valence-electron chi connectivity index (χ2n) is 5.02. The topological polar surface area (TPSA) is 53.7 Å². The van der Waals surface area contributed by atoms with Gasteiger partial charge >= 0.3 is 0 Å². The highest BCUT2D eigenvalue weighted by molar-refractivity contribution is 5.52. The van der Waals surface area contributed by atoms with Gasteiger partial charge < -0.3 is 19.9 Å². The van der Waals surface area contributed by atoms with Crippen molar-refractivity contribution in [1.82, 2.24) is 0 Å². The molecule has 0 aromatic heterocycles. The largest absolute Gasteiger partial charge is 0.486 e. The molecule has 0 spiro atoms. The predicted octanol–water partition coefficient (Wildman–Crippen LogP) is 3.06. The average Bonchev–Trinajstić information content (AvgIpc) is 2.96. The summed E-state index contributed by atoms with van der Waals surface area (Å²) in [7, 11) is 0. The van der Waals surface area contributed by atoms with Crippen LogP contribution in [0.5, 0.6) is 17.2 Å². The van der Waals surface area contributed by atoms with Gasteiger partial charge in [0.05, 0.1) is 0 Å². The van der Waals surface area contributed by atoms with E-state index in [1.165, 1.54) is 0 Å². The maximum absolute atomic E-state index is 6.12. The summed E-state index contributed by atoms with van der Waals surface area (Å²) in [4.78, 5) is 0.